The van der Waals surface area contributed by atoms with Crippen LogP contribution in [0.5, 0.6) is 0 Å². The van der Waals surface area contributed by atoms with Gasteiger partial charge in [-0.1, -0.05) is 11.6 Å². The van der Waals surface area contributed by atoms with Crippen LogP contribution in [0.15, 0.2) is 6.20 Å². The summed E-state index contributed by atoms with van der Waals surface area (Å²) in [5.41, 5.74) is 0. The predicted octanol–water partition coefficient (Wildman–Crippen LogP) is 1.26. The van der Waals surface area contributed by atoms with Crippen LogP contribution in [-0.4, -0.2) is 40.1 Å². The van der Waals surface area contributed by atoms with E-state index in [2.05, 4.69) is 15.2 Å². The fourth-order valence-electron chi connectivity index (χ4n) is 3.01. The van der Waals surface area contributed by atoms with Crippen molar-refractivity contribution in [3.05, 3.63) is 17.2 Å². The Kier molecular flexibility index (Phi) is 3.11. The Morgan fingerprint density at radius 3 is 2.76 bits per heavy atom. The molecular formula is C12H19ClN4. The highest BCUT2D eigenvalue weighted by molar-refractivity contribution is 6.29. The molecule has 0 aliphatic carbocycles. The maximum atomic E-state index is 5.98. The molecule has 0 aromatic carbocycles. The van der Waals surface area contributed by atoms with Crippen molar-refractivity contribution >= 4 is 11.6 Å². The van der Waals surface area contributed by atoms with Crippen molar-refractivity contribution in [2.24, 2.45) is 13.0 Å². The zero-order chi connectivity index (χ0) is 11.8. The number of rotatable bonds is 3. The number of piperidine rings is 3. The first-order chi connectivity index (χ1) is 8.24. The van der Waals surface area contributed by atoms with Crippen LogP contribution < -0.4 is 5.32 Å². The lowest BCUT2D eigenvalue weighted by atomic mass is 9.84. The van der Waals surface area contributed by atoms with Gasteiger partial charge >= 0.3 is 0 Å². The molecule has 17 heavy (non-hydrogen) atoms. The summed E-state index contributed by atoms with van der Waals surface area (Å²) in [6.07, 6.45) is 4.41. The molecule has 0 saturated carbocycles. The van der Waals surface area contributed by atoms with E-state index in [-0.39, 0.29) is 0 Å². The van der Waals surface area contributed by atoms with Gasteiger partial charge in [0.1, 0.15) is 11.0 Å². The van der Waals surface area contributed by atoms with Gasteiger partial charge in [0.05, 0.1) is 12.7 Å². The third-order valence-corrected chi connectivity index (χ3v) is 4.56. The van der Waals surface area contributed by atoms with Gasteiger partial charge in [0.15, 0.2) is 0 Å². The topological polar surface area (TPSA) is 33.1 Å². The van der Waals surface area contributed by atoms with Crippen LogP contribution in [-0.2, 0) is 13.6 Å². The van der Waals surface area contributed by atoms with Crippen LogP contribution in [0.2, 0.25) is 5.15 Å². The number of halogens is 1. The molecule has 4 rings (SSSR count). The Bertz CT molecular complexity index is 395. The molecule has 4 heterocycles. The van der Waals surface area contributed by atoms with Crippen molar-refractivity contribution in [1.82, 2.24) is 19.8 Å². The second-order valence-electron chi connectivity index (χ2n) is 5.18. The molecule has 94 valence electrons. The normalized spacial score (nSPS) is 32.0. The second-order valence-corrected chi connectivity index (χ2v) is 5.57. The fraction of sp³-hybridized carbons (Fsp3) is 0.750. The number of aromatic nitrogens is 2. The minimum atomic E-state index is 0.632. The molecule has 5 heteroatoms. The Morgan fingerprint density at radius 1 is 1.47 bits per heavy atom. The highest BCUT2D eigenvalue weighted by Crippen LogP contribution is 2.27. The molecule has 0 amide bonds. The predicted molar refractivity (Wildman–Crippen MR) is 68.0 cm³/mol. The van der Waals surface area contributed by atoms with Crippen LogP contribution in [0.4, 0.5) is 0 Å². The molecule has 3 fully saturated rings. The first-order valence-electron chi connectivity index (χ1n) is 6.36. The number of imidazole rings is 1. The van der Waals surface area contributed by atoms with Crippen molar-refractivity contribution in [1.29, 1.82) is 0 Å². The maximum absolute atomic E-state index is 5.98. The quantitative estimate of drug-likeness (QED) is 0.882. The number of nitrogens with one attached hydrogen (secondary N) is 1. The minimum absolute atomic E-state index is 0.632. The summed E-state index contributed by atoms with van der Waals surface area (Å²) in [6, 6.07) is 0.632. The monoisotopic (exact) mass is 254 g/mol. The molecule has 1 aromatic heterocycles. The Hall–Kier alpha value is -0.580. The summed E-state index contributed by atoms with van der Waals surface area (Å²) in [4.78, 5) is 6.88. The van der Waals surface area contributed by atoms with Crippen molar-refractivity contribution in [2.75, 3.05) is 19.6 Å². The Labute approximate surface area is 107 Å². The summed E-state index contributed by atoms with van der Waals surface area (Å²) in [5.74, 6) is 1.88. The molecule has 3 aliphatic heterocycles. The fourth-order valence-corrected chi connectivity index (χ4v) is 3.15. The van der Waals surface area contributed by atoms with Crippen LogP contribution in [0.25, 0.3) is 0 Å². The Balaban J connectivity index is 1.59. The van der Waals surface area contributed by atoms with Crippen LogP contribution >= 0.6 is 11.6 Å². The zero-order valence-electron chi connectivity index (χ0n) is 10.2. The standard InChI is InChI=1S/C12H19ClN4/c1-16-11(13)6-15-12(16)7-14-10-8-17-4-2-9(10)3-5-17/h6,9-10,14H,2-5,7-8H2,1H3. The maximum Gasteiger partial charge on any atom is 0.128 e. The van der Waals surface area contributed by atoms with Gasteiger partial charge in [-0.15, -0.1) is 0 Å². The van der Waals surface area contributed by atoms with Crippen molar-refractivity contribution < 1.29 is 0 Å². The van der Waals surface area contributed by atoms with Gasteiger partial charge in [0.25, 0.3) is 0 Å². The van der Waals surface area contributed by atoms with Gasteiger partial charge in [-0.25, -0.2) is 4.98 Å². The lowest BCUT2D eigenvalue weighted by molar-refractivity contribution is 0.0716. The molecule has 3 aliphatic rings. The average molecular weight is 255 g/mol. The smallest absolute Gasteiger partial charge is 0.128 e. The van der Waals surface area contributed by atoms with E-state index in [0.29, 0.717) is 11.2 Å². The van der Waals surface area contributed by atoms with E-state index >= 15 is 0 Å². The van der Waals surface area contributed by atoms with Gasteiger partial charge in [-0.2, -0.15) is 0 Å². The molecular weight excluding hydrogens is 236 g/mol. The molecule has 1 atom stereocenters. The van der Waals surface area contributed by atoms with Crippen LogP contribution in [0.3, 0.4) is 0 Å². The van der Waals surface area contributed by atoms with Gasteiger partial charge in [-0.05, 0) is 31.8 Å². The van der Waals surface area contributed by atoms with Crippen LogP contribution in [0.1, 0.15) is 18.7 Å². The molecule has 1 N–H and O–H groups in total. The lowest BCUT2D eigenvalue weighted by Gasteiger charge is -2.45. The van der Waals surface area contributed by atoms with Crippen molar-refractivity contribution in [3.8, 4) is 0 Å². The lowest BCUT2D eigenvalue weighted by Crippen LogP contribution is -2.55. The highest BCUT2D eigenvalue weighted by atomic mass is 35.5. The first-order valence-corrected chi connectivity index (χ1v) is 6.73. The third-order valence-electron chi connectivity index (χ3n) is 4.21. The van der Waals surface area contributed by atoms with Crippen molar-refractivity contribution in [2.45, 2.75) is 25.4 Å². The van der Waals surface area contributed by atoms with E-state index < -0.39 is 0 Å². The second kappa shape index (κ2) is 4.59. The number of hydrogen-bond donors (Lipinski definition) is 1. The number of hydrogen-bond acceptors (Lipinski definition) is 3. The first kappa shape index (κ1) is 11.5. The average Bonchev–Trinajstić information content (AvgIpc) is 2.69. The third kappa shape index (κ3) is 2.21. The summed E-state index contributed by atoms with van der Waals surface area (Å²) < 4.78 is 1.94. The molecule has 3 saturated heterocycles. The summed E-state index contributed by atoms with van der Waals surface area (Å²) >= 11 is 5.98. The molecule has 2 bridgehead atoms. The summed E-state index contributed by atoms with van der Waals surface area (Å²) in [5, 5.41) is 4.34. The van der Waals surface area contributed by atoms with E-state index in [1.54, 1.807) is 6.20 Å². The van der Waals surface area contributed by atoms with Gasteiger partial charge in [0.2, 0.25) is 0 Å². The van der Waals surface area contributed by atoms with Gasteiger partial charge in [-0.3, -0.25) is 0 Å². The molecule has 1 aromatic rings. The van der Waals surface area contributed by atoms with Crippen LogP contribution in [0, 0.1) is 5.92 Å². The van der Waals surface area contributed by atoms with E-state index in [4.69, 9.17) is 11.6 Å². The number of fused-ring (bicyclic) bond motifs is 3. The largest absolute Gasteiger partial charge is 0.321 e. The molecule has 0 radical (unpaired) electrons. The van der Waals surface area contributed by atoms with E-state index in [0.717, 1.165) is 18.3 Å². The van der Waals surface area contributed by atoms with E-state index in [9.17, 15) is 0 Å². The molecule has 0 spiro atoms. The van der Waals surface area contributed by atoms with Crippen molar-refractivity contribution in [3.63, 3.8) is 0 Å². The van der Waals surface area contributed by atoms with Gasteiger partial charge < -0.3 is 14.8 Å². The molecule has 1 unspecified atom stereocenters. The zero-order valence-corrected chi connectivity index (χ0v) is 11.0. The minimum Gasteiger partial charge on any atom is -0.321 e. The Morgan fingerprint density at radius 2 is 2.24 bits per heavy atom. The van der Waals surface area contributed by atoms with E-state index in [1.807, 2.05) is 11.6 Å². The van der Waals surface area contributed by atoms with E-state index in [1.165, 1.54) is 32.5 Å². The molecule has 4 nitrogen and oxygen atoms in total. The summed E-state index contributed by atoms with van der Waals surface area (Å²) in [7, 11) is 1.96. The SMILES string of the molecule is Cn1c(Cl)cnc1CNC1CN2CCC1CC2. The number of nitrogens with zero attached hydrogens (tertiary/aromatic N) is 3. The highest BCUT2D eigenvalue weighted by Gasteiger charge is 2.33. The van der Waals surface area contributed by atoms with Gasteiger partial charge in [0, 0.05) is 19.6 Å². The summed E-state index contributed by atoms with van der Waals surface area (Å²) in [6.45, 7) is 4.59.